The monoisotopic (exact) mass is 581 g/mol. The number of aromatic nitrogens is 1. The van der Waals surface area contributed by atoms with Crippen LogP contribution in [0.15, 0.2) is 54.5 Å². The van der Waals surface area contributed by atoms with E-state index in [0.29, 0.717) is 46.0 Å². The molecule has 1 saturated heterocycles. The van der Waals surface area contributed by atoms with Gasteiger partial charge < -0.3 is 16.1 Å². The molecule has 0 amide bonds. The Morgan fingerprint density at radius 2 is 1.79 bits per heavy atom. The smallest absolute Gasteiger partial charge is 0.123 e. The van der Waals surface area contributed by atoms with Crippen LogP contribution in [0.1, 0.15) is 70.7 Å². The average molecular weight is 582 g/mol. The van der Waals surface area contributed by atoms with E-state index in [1.165, 1.54) is 18.3 Å². The number of hydrogen-bond donors (Lipinski definition) is 4. The van der Waals surface area contributed by atoms with Crippen molar-refractivity contribution in [3.8, 4) is 12.1 Å². The topological polar surface area (TPSA) is 115 Å². The molecule has 224 valence electrons. The number of nitriles is 2. The molecule has 3 unspecified atom stereocenters. The summed E-state index contributed by atoms with van der Waals surface area (Å²) in [6.07, 6.45) is 4.57. The van der Waals surface area contributed by atoms with Crippen LogP contribution in [0.2, 0.25) is 0 Å². The van der Waals surface area contributed by atoms with Crippen molar-refractivity contribution in [2.75, 3.05) is 30.3 Å². The lowest BCUT2D eigenvalue weighted by Gasteiger charge is -2.23. The van der Waals surface area contributed by atoms with E-state index in [-0.39, 0.29) is 22.8 Å². The summed E-state index contributed by atoms with van der Waals surface area (Å²) in [7, 11) is 0. The molecule has 5 rings (SSSR count). The second-order valence-electron chi connectivity index (χ2n) is 13.5. The predicted octanol–water partition coefficient (Wildman–Crippen LogP) is 5.77. The summed E-state index contributed by atoms with van der Waals surface area (Å²) in [4.78, 5) is 6.96. The molecule has 2 aliphatic rings. The molecule has 4 N–H and O–H groups in total. The molecule has 43 heavy (non-hydrogen) atoms. The highest BCUT2D eigenvalue weighted by Crippen LogP contribution is 2.35. The molecule has 0 radical (unpaired) electrons. The average Bonchev–Trinajstić information content (AvgIpc) is 3.62. The summed E-state index contributed by atoms with van der Waals surface area (Å²) in [6, 6.07) is 14.8. The van der Waals surface area contributed by atoms with Crippen LogP contribution in [0.4, 0.5) is 15.8 Å². The third-order valence-corrected chi connectivity index (χ3v) is 7.75. The fourth-order valence-electron chi connectivity index (χ4n) is 5.44. The molecule has 10 heteroatoms. The summed E-state index contributed by atoms with van der Waals surface area (Å²) < 4.78 is 13.9. The van der Waals surface area contributed by atoms with Crippen molar-refractivity contribution in [2.24, 2.45) is 5.41 Å². The zero-order valence-corrected chi connectivity index (χ0v) is 25.7. The van der Waals surface area contributed by atoms with Crippen LogP contribution in [0.25, 0.3) is 10.9 Å². The van der Waals surface area contributed by atoms with Gasteiger partial charge in [-0.15, -0.1) is 5.53 Å². The highest BCUT2D eigenvalue weighted by Gasteiger charge is 2.41. The summed E-state index contributed by atoms with van der Waals surface area (Å²) >= 11 is 0. The van der Waals surface area contributed by atoms with Gasteiger partial charge in [-0.1, -0.05) is 32.9 Å². The van der Waals surface area contributed by atoms with Gasteiger partial charge >= 0.3 is 0 Å². The molecule has 1 aromatic heterocycles. The third kappa shape index (κ3) is 6.99. The third-order valence-electron chi connectivity index (χ3n) is 7.75. The van der Waals surface area contributed by atoms with Gasteiger partial charge in [0.2, 0.25) is 0 Å². The molecule has 1 fully saturated rings. The maximum Gasteiger partial charge on any atom is 0.123 e. The van der Waals surface area contributed by atoms with Crippen LogP contribution in [0.5, 0.6) is 0 Å². The van der Waals surface area contributed by atoms with E-state index < -0.39 is 0 Å². The highest BCUT2D eigenvalue weighted by molar-refractivity contribution is 5.99. The number of hydrazine groups is 2. The molecule has 0 aliphatic carbocycles. The van der Waals surface area contributed by atoms with E-state index in [1.807, 2.05) is 17.3 Å². The zero-order valence-electron chi connectivity index (χ0n) is 25.7. The van der Waals surface area contributed by atoms with Crippen molar-refractivity contribution >= 4 is 22.3 Å². The Morgan fingerprint density at radius 1 is 1.07 bits per heavy atom. The van der Waals surface area contributed by atoms with E-state index in [4.69, 9.17) is 0 Å². The zero-order chi connectivity index (χ0) is 30.9. The van der Waals surface area contributed by atoms with E-state index in [0.717, 1.165) is 30.8 Å². The molecule has 9 nitrogen and oxygen atoms in total. The molecule has 0 spiro atoms. The molecular formula is C33H40FN9. The molecule has 0 saturated carbocycles. The van der Waals surface area contributed by atoms with Crippen LogP contribution in [0.3, 0.4) is 0 Å². The first-order valence-electron chi connectivity index (χ1n) is 14.7. The van der Waals surface area contributed by atoms with Gasteiger partial charge in [-0.25, -0.2) is 4.39 Å². The quantitative estimate of drug-likeness (QED) is 0.234. The van der Waals surface area contributed by atoms with E-state index >= 15 is 0 Å². The van der Waals surface area contributed by atoms with Gasteiger partial charge in [0.15, 0.2) is 0 Å². The molecule has 3 atom stereocenters. The van der Waals surface area contributed by atoms with Gasteiger partial charge in [-0.3, -0.25) is 14.9 Å². The second-order valence-corrected chi connectivity index (χ2v) is 13.5. The SMILES string of the molecule is CC(C)(C)CNc1c(C#N)cnc2c(C#N)cc(NC(C3=CN(CCC4CN4C(C)(C)C)NN3)c3ccc(F)cc3)cc12. The van der Waals surface area contributed by atoms with Crippen LogP contribution in [0, 0.1) is 33.9 Å². The number of benzene rings is 2. The summed E-state index contributed by atoms with van der Waals surface area (Å²) in [6.45, 7) is 15.6. The number of halogens is 1. The molecule has 3 aromatic rings. The summed E-state index contributed by atoms with van der Waals surface area (Å²) in [5.74, 6) is -0.314. The number of pyridine rings is 1. The Labute approximate surface area is 253 Å². The van der Waals surface area contributed by atoms with Crippen molar-refractivity contribution in [1.29, 1.82) is 10.5 Å². The lowest BCUT2D eigenvalue weighted by atomic mass is 9.96. The normalized spacial score (nSPS) is 18.8. The minimum Gasteiger partial charge on any atom is -0.383 e. The number of fused-ring (bicyclic) bond motifs is 1. The van der Waals surface area contributed by atoms with Crippen LogP contribution < -0.4 is 21.6 Å². The Morgan fingerprint density at radius 3 is 2.42 bits per heavy atom. The van der Waals surface area contributed by atoms with Crippen molar-refractivity contribution in [3.63, 3.8) is 0 Å². The largest absolute Gasteiger partial charge is 0.383 e. The fourth-order valence-corrected chi connectivity index (χ4v) is 5.44. The lowest BCUT2D eigenvalue weighted by Crippen LogP contribution is -2.38. The predicted molar refractivity (Wildman–Crippen MR) is 168 cm³/mol. The molecule has 2 aromatic carbocycles. The van der Waals surface area contributed by atoms with Crippen molar-refractivity contribution in [3.05, 3.63) is 77.0 Å². The van der Waals surface area contributed by atoms with Gasteiger partial charge in [-0.2, -0.15) is 10.5 Å². The Balaban J connectivity index is 1.47. The van der Waals surface area contributed by atoms with Crippen LogP contribution in [-0.4, -0.2) is 46.1 Å². The van der Waals surface area contributed by atoms with Gasteiger partial charge in [0.05, 0.1) is 34.1 Å². The highest BCUT2D eigenvalue weighted by atomic mass is 19.1. The van der Waals surface area contributed by atoms with Gasteiger partial charge in [0, 0.05) is 54.7 Å². The van der Waals surface area contributed by atoms with E-state index in [1.54, 1.807) is 18.2 Å². The van der Waals surface area contributed by atoms with Crippen LogP contribution >= 0.6 is 0 Å². The maximum atomic E-state index is 13.9. The molecular weight excluding hydrogens is 541 g/mol. The number of anilines is 2. The van der Waals surface area contributed by atoms with Crippen molar-refractivity contribution < 1.29 is 4.39 Å². The first-order chi connectivity index (χ1) is 20.4. The Kier molecular flexibility index (Phi) is 8.20. The number of nitrogens with one attached hydrogen (secondary N) is 4. The first kappa shape index (κ1) is 30.1. The number of nitrogens with zero attached hydrogens (tertiary/aromatic N) is 5. The lowest BCUT2D eigenvalue weighted by molar-refractivity contribution is 0.241. The molecule has 2 aliphatic heterocycles. The van der Waals surface area contributed by atoms with Crippen LogP contribution in [-0.2, 0) is 0 Å². The Bertz CT molecular complexity index is 1600. The number of rotatable bonds is 9. The fraction of sp³-hybridized carbons (Fsp3) is 0.424. The standard InChI is InChI=1S/C33H40FN9/c1-32(2,3)20-38-30-23(16-36)17-37-29-22(15-35)13-25(14-27(29)30)39-31(21-7-9-24(34)10-8-21)28-19-42(41-40-28)12-11-26-18-43(26)33(4,5)6/h7-10,13-14,17,19,26,31,39-41H,11-12,18,20H2,1-6H3,(H,37,38). The van der Waals surface area contributed by atoms with Gasteiger partial charge in [-0.05, 0) is 62.4 Å². The molecule has 0 bridgehead atoms. The van der Waals surface area contributed by atoms with E-state index in [9.17, 15) is 14.9 Å². The van der Waals surface area contributed by atoms with E-state index in [2.05, 4.69) is 85.2 Å². The second kappa shape index (κ2) is 11.7. The minimum absolute atomic E-state index is 0.0338. The summed E-state index contributed by atoms with van der Waals surface area (Å²) in [5.41, 5.74) is 11.0. The van der Waals surface area contributed by atoms with Gasteiger partial charge in [0.25, 0.3) is 0 Å². The maximum absolute atomic E-state index is 13.9. The van der Waals surface area contributed by atoms with Crippen molar-refractivity contribution in [2.45, 2.75) is 65.6 Å². The van der Waals surface area contributed by atoms with Crippen molar-refractivity contribution in [1.82, 2.24) is 25.9 Å². The molecule has 3 heterocycles. The summed E-state index contributed by atoms with van der Waals surface area (Å²) in [5, 5.41) is 29.6. The minimum atomic E-state index is -0.382. The Hall–Kier alpha value is -4.38. The van der Waals surface area contributed by atoms with Gasteiger partial charge in [0.1, 0.15) is 18.0 Å². The number of hydrogen-bond acceptors (Lipinski definition) is 9. The first-order valence-corrected chi connectivity index (χ1v) is 14.7.